The Morgan fingerprint density at radius 3 is 2.68 bits per heavy atom. The highest BCUT2D eigenvalue weighted by Gasteiger charge is 2.07. The summed E-state index contributed by atoms with van der Waals surface area (Å²) in [4.78, 5) is 11.7. The Kier molecular flexibility index (Phi) is 4.42. The maximum atomic E-state index is 11.7. The second-order valence-electron chi connectivity index (χ2n) is 4.13. The highest BCUT2D eigenvalue weighted by atomic mass is 35.5. The van der Waals surface area contributed by atoms with E-state index in [2.05, 4.69) is 5.32 Å². The highest BCUT2D eigenvalue weighted by molar-refractivity contribution is 6.30. The number of amides is 1. The van der Waals surface area contributed by atoms with Crippen LogP contribution in [0.2, 0.25) is 5.02 Å². The van der Waals surface area contributed by atoms with Gasteiger partial charge in [-0.1, -0.05) is 23.7 Å². The van der Waals surface area contributed by atoms with Gasteiger partial charge in [-0.05, 0) is 42.8 Å². The average molecular weight is 276 g/mol. The number of carbonyl (C=O) groups excluding carboxylic acids is 1. The summed E-state index contributed by atoms with van der Waals surface area (Å²) in [5.41, 5.74) is 1.00. The molecule has 2 aromatic rings. The van der Waals surface area contributed by atoms with Crippen molar-refractivity contribution < 1.29 is 9.21 Å². The van der Waals surface area contributed by atoms with E-state index in [1.54, 1.807) is 36.6 Å². The summed E-state index contributed by atoms with van der Waals surface area (Å²) in [5, 5.41) is 3.55. The van der Waals surface area contributed by atoms with Gasteiger partial charge in [-0.3, -0.25) is 4.79 Å². The third-order valence-electron chi connectivity index (χ3n) is 2.67. The van der Waals surface area contributed by atoms with Crippen LogP contribution in [0.25, 0.3) is 6.08 Å². The van der Waals surface area contributed by atoms with Crippen molar-refractivity contribution >= 4 is 23.6 Å². The van der Waals surface area contributed by atoms with Crippen LogP contribution in [0.5, 0.6) is 0 Å². The first-order valence-corrected chi connectivity index (χ1v) is 6.30. The molecule has 19 heavy (non-hydrogen) atoms. The number of hydrogen-bond donors (Lipinski definition) is 1. The fourth-order valence-electron chi connectivity index (χ4n) is 1.64. The summed E-state index contributed by atoms with van der Waals surface area (Å²) in [6.07, 6.45) is 4.64. The van der Waals surface area contributed by atoms with Crippen LogP contribution >= 0.6 is 11.6 Å². The van der Waals surface area contributed by atoms with E-state index >= 15 is 0 Å². The third kappa shape index (κ3) is 4.00. The molecule has 1 aromatic carbocycles. The Morgan fingerprint density at radius 2 is 2.05 bits per heavy atom. The van der Waals surface area contributed by atoms with Gasteiger partial charge in [-0.15, -0.1) is 0 Å². The quantitative estimate of drug-likeness (QED) is 0.862. The predicted molar refractivity (Wildman–Crippen MR) is 75.8 cm³/mol. The van der Waals surface area contributed by atoms with Gasteiger partial charge in [0.1, 0.15) is 5.76 Å². The van der Waals surface area contributed by atoms with Crippen LogP contribution in [0.1, 0.15) is 24.3 Å². The molecule has 1 heterocycles. The van der Waals surface area contributed by atoms with Crippen molar-refractivity contribution in [3.05, 3.63) is 65.1 Å². The molecule has 0 radical (unpaired) electrons. The van der Waals surface area contributed by atoms with Crippen molar-refractivity contribution in [3.63, 3.8) is 0 Å². The zero-order chi connectivity index (χ0) is 13.7. The maximum Gasteiger partial charge on any atom is 0.244 e. The van der Waals surface area contributed by atoms with Crippen molar-refractivity contribution in [1.82, 2.24) is 5.32 Å². The Bertz CT molecular complexity index is 558. The molecule has 0 aliphatic rings. The Balaban J connectivity index is 1.93. The fraction of sp³-hybridized carbons (Fsp3) is 0.133. The molecule has 0 unspecified atom stereocenters. The molecule has 0 aliphatic carbocycles. The van der Waals surface area contributed by atoms with Crippen LogP contribution in [0.4, 0.5) is 0 Å². The molecule has 1 atom stereocenters. The second-order valence-corrected chi connectivity index (χ2v) is 4.57. The number of hydrogen-bond acceptors (Lipinski definition) is 2. The van der Waals surface area contributed by atoms with E-state index in [1.807, 2.05) is 19.1 Å². The summed E-state index contributed by atoms with van der Waals surface area (Å²) < 4.78 is 5.11. The van der Waals surface area contributed by atoms with Crippen molar-refractivity contribution in [2.75, 3.05) is 0 Å². The molecule has 0 saturated carbocycles. The summed E-state index contributed by atoms with van der Waals surface area (Å²) in [6.45, 7) is 1.92. The number of furan rings is 1. The highest BCUT2D eigenvalue weighted by Crippen LogP contribution is 2.16. The van der Waals surface area contributed by atoms with Gasteiger partial charge in [-0.2, -0.15) is 0 Å². The summed E-state index contributed by atoms with van der Waals surface area (Å²) in [6, 6.07) is 10.9. The molecule has 1 aromatic heterocycles. The largest absolute Gasteiger partial charge is 0.465 e. The van der Waals surface area contributed by atoms with Crippen molar-refractivity contribution in [1.29, 1.82) is 0 Å². The molecular weight excluding hydrogens is 262 g/mol. The van der Waals surface area contributed by atoms with Gasteiger partial charge in [0.15, 0.2) is 0 Å². The number of rotatable bonds is 4. The van der Waals surface area contributed by atoms with Crippen LogP contribution in [-0.2, 0) is 4.79 Å². The van der Waals surface area contributed by atoms with Crippen molar-refractivity contribution in [3.8, 4) is 0 Å². The third-order valence-corrected chi connectivity index (χ3v) is 2.92. The first kappa shape index (κ1) is 13.4. The first-order chi connectivity index (χ1) is 9.15. The van der Waals surface area contributed by atoms with Crippen LogP contribution in [-0.4, -0.2) is 5.91 Å². The summed E-state index contributed by atoms with van der Waals surface area (Å²) >= 11 is 5.82. The molecule has 0 saturated heterocycles. The van der Waals surface area contributed by atoms with E-state index in [1.165, 1.54) is 6.08 Å². The second kappa shape index (κ2) is 6.25. The monoisotopic (exact) mass is 275 g/mol. The number of nitrogens with one attached hydrogen (secondary N) is 1. The molecule has 3 nitrogen and oxygen atoms in total. The minimum Gasteiger partial charge on any atom is -0.465 e. The molecule has 0 spiro atoms. The first-order valence-electron chi connectivity index (χ1n) is 5.93. The molecule has 0 bridgehead atoms. The smallest absolute Gasteiger partial charge is 0.244 e. The Morgan fingerprint density at radius 1 is 1.32 bits per heavy atom. The van der Waals surface area contributed by atoms with E-state index in [0.29, 0.717) is 10.8 Å². The minimum absolute atomic E-state index is 0.0778. The van der Waals surface area contributed by atoms with Crippen LogP contribution in [0, 0.1) is 0 Å². The van der Waals surface area contributed by atoms with Gasteiger partial charge in [0.2, 0.25) is 5.91 Å². The zero-order valence-corrected chi connectivity index (χ0v) is 11.2. The van der Waals surface area contributed by atoms with Gasteiger partial charge in [0.25, 0.3) is 0 Å². The molecule has 2 rings (SSSR count). The lowest BCUT2D eigenvalue weighted by atomic mass is 10.1. The normalized spacial score (nSPS) is 12.5. The van der Waals surface area contributed by atoms with Gasteiger partial charge >= 0.3 is 0 Å². The number of halogens is 1. The molecule has 98 valence electrons. The number of benzene rings is 1. The molecule has 0 fully saturated rings. The van der Waals surface area contributed by atoms with Gasteiger partial charge in [0, 0.05) is 11.1 Å². The van der Waals surface area contributed by atoms with Gasteiger partial charge < -0.3 is 9.73 Å². The lowest BCUT2D eigenvalue weighted by Gasteiger charge is -2.12. The SMILES string of the molecule is C[C@@H](NC(=O)/C=C/c1ccco1)c1ccc(Cl)cc1. The Hall–Kier alpha value is -2.00. The minimum atomic E-state index is -0.168. The molecule has 1 amide bonds. The standard InChI is InChI=1S/C15H14ClNO2/c1-11(12-4-6-13(16)7-5-12)17-15(18)9-8-14-3-2-10-19-14/h2-11H,1H3,(H,17,18)/b9-8+/t11-/m1/s1. The van der Waals surface area contributed by atoms with Gasteiger partial charge in [-0.25, -0.2) is 0 Å². The zero-order valence-electron chi connectivity index (χ0n) is 10.5. The van der Waals surface area contributed by atoms with E-state index < -0.39 is 0 Å². The number of carbonyl (C=O) groups is 1. The summed E-state index contributed by atoms with van der Waals surface area (Å²) in [7, 11) is 0. The molecular formula is C15H14ClNO2. The van der Waals surface area contributed by atoms with E-state index in [-0.39, 0.29) is 11.9 Å². The molecule has 0 aliphatic heterocycles. The lowest BCUT2D eigenvalue weighted by molar-refractivity contribution is -0.117. The Labute approximate surface area is 116 Å². The van der Waals surface area contributed by atoms with E-state index in [4.69, 9.17) is 16.0 Å². The molecule has 1 N–H and O–H groups in total. The molecule has 4 heteroatoms. The average Bonchev–Trinajstić information content (AvgIpc) is 2.90. The van der Waals surface area contributed by atoms with Crippen molar-refractivity contribution in [2.24, 2.45) is 0 Å². The maximum absolute atomic E-state index is 11.7. The van der Waals surface area contributed by atoms with E-state index in [9.17, 15) is 4.79 Å². The predicted octanol–water partition coefficient (Wildman–Crippen LogP) is 3.82. The fourth-order valence-corrected chi connectivity index (χ4v) is 1.77. The lowest BCUT2D eigenvalue weighted by Crippen LogP contribution is -2.24. The van der Waals surface area contributed by atoms with Gasteiger partial charge in [0.05, 0.1) is 12.3 Å². The topological polar surface area (TPSA) is 42.2 Å². The van der Waals surface area contributed by atoms with E-state index in [0.717, 1.165) is 5.56 Å². The van der Waals surface area contributed by atoms with Crippen LogP contribution < -0.4 is 5.32 Å². The van der Waals surface area contributed by atoms with Crippen LogP contribution in [0.15, 0.2) is 53.2 Å². The van der Waals surface area contributed by atoms with Crippen molar-refractivity contribution in [2.45, 2.75) is 13.0 Å². The van der Waals surface area contributed by atoms with Crippen LogP contribution in [0.3, 0.4) is 0 Å². The summed E-state index contributed by atoms with van der Waals surface area (Å²) in [5.74, 6) is 0.480.